The van der Waals surface area contributed by atoms with Crippen molar-refractivity contribution >= 4 is 5.91 Å². The predicted molar refractivity (Wildman–Crippen MR) is 47.9 cm³/mol. The lowest BCUT2D eigenvalue weighted by Crippen LogP contribution is -2.38. The molecule has 0 aromatic carbocycles. The summed E-state index contributed by atoms with van der Waals surface area (Å²) in [6, 6.07) is 0.152. The highest BCUT2D eigenvalue weighted by atomic mass is 17.0. The minimum atomic E-state index is -0.747. The molecule has 0 spiro atoms. The Morgan fingerprint density at radius 3 is 2.43 bits per heavy atom. The third kappa shape index (κ3) is 3.59. The maximum absolute atomic E-state index is 10.7. The fourth-order valence-electron chi connectivity index (χ4n) is 1.72. The van der Waals surface area contributed by atoms with Crippen molar-refractivity contribution in [3.05, 3.63) is 10.1 Å². The minimum Gasteiger partial charge on any atom is -0.354 e. The van der Waals surface area contributed by atoms with E-state index in [0.717, 1.165) is 12.8 Å². The maximum atomic E-state index is 10.7. The summed E-state index contributed by atoms with van der Waals surface area (Å²) in [5.41, 5.74) is 0. The van der Waals surface area contributed by atoms with Crippen LogP contribution in [0.25, 0.3) is 0 Å². The van der Waals surface area contributed by atoms with Crippen molar-refractivity contribution < 1.29 is 14.7 Å². The van der Waals surface area contributed by atoms with Gasteiger partial charge in [-0.05, 0) is 25.7 Å². The van der Waals surface area contributed by atoms with E-state index in [4.69, 9.17) is 0 Å². The van der Waals surface area contributed by atoms with Crippen molar-refractivity contribution in [2.24, 2.45) is 0 Å². The van der Waals surface area contributed by atoms with E-state index in [2.05, 4.69) is 10.2 Å². The van der Waals surface area contributed by atoms with Crippen LogP contribution in [0.4, 0.5) is 0 Å². The van der Waals surface area contributed by atoms with Gasteiger partial charge < -0.3 is 10.2 Å². The lowest BCUT2D eigenvalue weighted by atomic mass is 9.93. The molecule has 1 amide bonds. The molecule has 1 rings (SSSR count). The molecule has 0 atom stereocenters. The highest BCUT2D eigenvalue weighted by Crippen LogP contribution is 2.21. The van der Waals surface area contributed by atoms with Crippen LogP contribution in [0.15, 0.2) is 0 Å². The Morgan fingerprint density at radius 2 is 2.00 bits per heavy atom. The van der Waals surface area contributed by atoms with E-state index in [9.17, 15) is 14.9 Å². The maximum Gasteiger partial charge on any atom is 0.294 e. The van der Waals surface area contributed by atoms with Gasteiger partial charge in [-0.2, -0.15) is 0 Å². The van der Waals surface area contributed by atoms with Gasteiger partial charge in [-0.25, -0.2) is 0 Å². The fraction of sp³-hybridized carbons (Fsp3) is 0.875. The van der Waals surface area contributed by atoms with Crippen LogP contribution in [0.1, 0.15) is 32.6 Å². The Hall–Kier alpha value is -1.33. The monoisotopic (exact) mass is 203 g/mol. The summed E-state index contributed by atoms with van der Waals surface area (Å²) in [6.07, 6.45) is 2.46. The van der Waals surface area contributed by atoms with Crippen LogP contribution in [-0.2, 0) is 9.63 Å². The van der Waals surface area contributed by atoms with Gasteiger partial charge in [0.25, 0.3) is 5.09 Å². The van der Waals surface area contributed by atoms with Gasteiger partial charge in [-0.15, -0.1) is 10.1 Å². The largest absolute Gasteiger partial charge is 0.354 e. The van der Waals surface area contributed by atoms with E-state index in [0.29, 0.717) is 12.8 Å². The minimum absolute atomic E-state index is 0.0522. The van der Waals surface area contributed by atoms with Gasteiger partial charge >= 0.3 is 0 Å². The van der Waals surface area contributed by atoms with E-state index in [-0.39, 0.29) is 18.1 Å². The van der Waals surface area contributed by atoms with Gasteiger partial charge in [-0.3, -0.25) is 4.79 Å². The van der Waals surface area contributed by atoms with Crippen LogP contribution in [0.2, 0.25) is 0 Å². The molecule has 0 saturated heterocycles. The van der Waals surface area contributed by atoms with Crippen molar-refractivity contribution in [2.75, 3.05) is 0 Å². The first-order valence-electron chi connectivity index (χ1n) is 4.66. The molecule has 6 nitrogen and oxygen atoms in total. The summed E-state index contributed by atoms with van der Waals surface area (Å²) in [4.78, 5) is 25.2. The van der Waals surface area contributed by atoms with Crippen LogP contribution in [-0.4, -0.2) is 23.1 Å². The molecule has 0 aliphatic heterocycles. The fourth-order valence-corrected chi connectivity index (χ4v) is 1.72. The third-order valence-corrected chi connectivity index (χ3v) is 2.32. The van der Waals surface area contributed by atoms with E-state index in [1.54, 1.807) is 0 Å². The first-order chi connectivity index (χ1) is 6.58. The molecule has 6 heteroatoms. The second-order valence-electron chi connectivity index (χ2n) is 3.50. The van der Waals surface area contributed by atoms with Crippen LogP contribution in [0.5, 0.6) is 0 Å². The topological polar surface area (TPSA) is 81.5 Å². The molecule has 0 radical (unpaired) electrons. The molecular weight excluding hydrogens is 189 g/mol. The molecule has 0 aromatic rings. The number of nitrogens with zero attached hydrogens (tertiary/aromatic N) is 1. The van der Waals surface area contributed by atoms with Gasteiger partial charge in [-0.1, -0.05) is 0 Å². The van der Waals surface area contributed by atoms with Gasteiger partial charge in [0.15, 0.2) is 0 Å². The van der Waals surface area contributed by atoms with Crippen molar-refractivity contribution in [3.63, 3.8) is 0 Å². The SMILES string of the molecule is [13CH3]C(=O)NC1CCC(O[N+](=O)[O-])CC1. The summed E-state index contributed by atoms with van der Waals surface area (Å²) in [7, 11) is 0. The quantitative estimate of drug-likeness (QED) is 0.414. The summed E-state index contributed by atoms with van der Waals surface area (Å²) in [5, 5.41) is 12.1. The molecule has 0 heterocycles. The van der Waals surface area contributed by atoms with Crippen molar-refractivity contribution in [1.29, 1.82) is 0 Å². The summed E-state index contributed by atoms with van der Waals surface area (Å²) >= 11 is 0. The number of amides is 1. The van der Waals surface area contributed by atoms with E-state index >= 15 is 0 Å². The number of hydrogen-bond donors (Lipinski definition) is 1. The molecule has 1 aliphatic carbocycles. The zero-order valence-electron chi connectivity index (χ0n) is 8.06. The van der Waals surface area contributed by atoms with Gasteiger partial charge in [0.2, 0.25) is 5.91 Å². The number of carbonyl (C=O) groups excluding carboxylic acids is 1. The molecule has 0 unspecified atom stereocenters. The Balaban J connectivity index is 2.24. The zero-order chi connectivity index (χ0) is 10.6. The molecule has 0 bridgehead atoms. The van der Waals surface area contributed by atoms with Crippen molar-refractivity contribution in [3.8, 4) is 0 Å². The van der Waals surface area contributed by atoms with Gasteiger partial charge in [0.1, 0.15) is 6.10 Å². The van der Waals surface area contributed by atoms with E-state index in [1.165, 1.54) is 6.92 Å². The number of rotatable bonds is 3. The summed E-state index contributed by atoms with van der Waals surface area (Å²) in [6.45, 7) is 1.47. The van der Waals surface area contributed by atoms with Gasteiger partial charge in [0, 0.05) is 13.0 Å². The molecule has 1 saturated carbocycles. The third-order valence-electron chi connectivity index (χ3n) is 2.32. The average Bonchev–Trinajstić information content (AvgIpc) is 2.06. The molecule has 1 fully saturated rings. The Bertz CT molecular complexity index is 199. The lowest BCUT2D eigenvalue weighted by molar-refractivity contribution is -0.769. The molecule has 14 heavy (non-hydrogen) atoms. The second kappa shape index (κ2) is 4.78. The first-order valence-corrected chi connectivity index (χ1v) is 4.66. The van der Waals surface area contributed by atoms with Crippen LogP contribution in [0.3, 0.4) is 0 Å². The predicted octanol–water partition coefficient (Wildman–Crippen LogP) is 0.642. The Labute approximate surface area is 81.7 Å². The highest BCUT2D eigenvalue weighted by molar-refractivity contribution is 5.73. The Kier molecular flexibility index (Phi) is 3.67. The van der Waals surface area contributed by atoms with Crippen molar-refractivity contribution in [1.82, 2.24) is 5.32 Å². The molecule has 80 valence electrons. The summed E-state index contributed by atoms with van der Waals surface area (Å²) in [5.74, 6) is -0.0522. The average molecular weight is 203 g/mol. The highest BCUT2D eigenvalue weighted by Gasteiger charge is 2.23. The number of carbonyl (C=O) groups is 1. The van der Waals surface area contributed by atoms with E-state index in [1.807, 2.05) is 0 Å². The molecule has 1 aliphatic rings. The van der Waals surface area contributed by atoms with Crippen LogP contribution in [0, 0.1) is 10.1 Å². The summed E-state index contributed by atoms with van der Waals surface area (Å²) < 4.78 is 0. The molecular formula is C8H14N2O4. The second-order valence-corrected chi connectivity index (χ2v) is 3.50. The lowest BCUT2D eigenvalue weighted by Gasteiger charge is -2.27. The van der Waals surface area contributed by atoms with Crippen LogP contribution < -0.4 is 5.32 Å². The number of hydrogen-bond acceptors (Lipinski definition) is 4. The molecule has 1 N–H and O–H groups in total. The first kappa shape index (κ1) is 10.7. The zero-order valence-corrected chi connectivity index (χ0v) is 8.06. The van der Waals surface area contributed by atoms with Gasteiger partial charge in [0.05, 0.1) is 0 Å². The Morgan fingerprint density at radius 1 is 1.43 bits per heavy atom. The smallest absolute Gasteiger partial charge is 0.294 e. The normalized spacial score (nSPS) is 26.6. The standard InChI is InChI=1S/C8H14N2O4/c1-6(11)9-7-2-4-8(5-3-7)14-10(12)13/h7-8H,2-5H2,1H3,(H,9,11)/i1+1. The van der Waals surface area contributed by atoms with E-state index < -0.39 is 5.09 Å². The van der Waals surface area contributed by atoms with Crippen LogP contribution >= 0.6 is 0 Å². The van der Waals surface area contributed by atoms with Crippen molar-refractivity contribution in [2.45, 2.75) is 44.8 Å². The molecule has 0 aromatic heterocycles. The number of nitrogens with one attached hydrogen (secondary N) is 1.